The number of nitrogens with zero attached hydrogens (tertiary/aromatic N) is 3. The van der Waals surface area contributed by atoms with Crippen molar-refractivity contribution < 1.29 is 19.4 Å². The molecule has 0 radical (unpaired) electrons. The summed E-state index contributed by atoms with van der Waals surface area (Å²) in [5, 5.41) is 13.9. The van der Waals surface area contributed by atoms with Crippen molar-refractivity contribution in [3.8, 4) is 0 Å². The minimum atomic E-state index is -1.04. The summed E-state index contributed by atoms with van der Waals surface area (Å²) in [5.41, 5.74) is 13.2. The van der Waals surface area contributed by atoms with Gasteiger partial charge in [0.05, 0.1) is 0 Å². The first kappa shape index (κ1) is 15.0. The van der Waals surface area contributed by atoms with Gasteiger partial charge in [-0.25, -0.2) is 4.79 Å². The van der Waals surface area contributed by atoms with Gasteiger partial charge >= 0.3 is 12.1 Å². The first-order chi connectivity index (χ1) is 8.07. The van der Waals surface area contributed by atoms with Gasteiger partial charge in [-0.15, -0.1) is 0 Å². The van der Waals surface area contributed by atoms with Gasteiger partial charge in [-0.05, 0) is 24.8 Å². The molecule has 0 rings (SSSR count). The Labute approximate surface area is 97.5 Å². The highest BCUT2D eigenvalue weighted by Gasteiger charge is 2.10. The zero-order valence-corrected chi connectivity index (χ0v) is 9.20. The number of rotatable bonds is 8. The number of aliphatic carboxylic acids is 1. The molecule has 17 heavy (non-hydrogen) atoms. The molecule has 1 atom stereocenters. The van der Waals surface area contributed by atoms with Gasteiger partial charge in [0.1, 0.15) is 6.04 Å². The van der Waals surface area contributed by atoms with Crippen molar-refractivity contribution in [2.75, 3.05) is 13.3 Å². The van der Waals surface area contributed by atoms with Crippen LogP contribution in [0.4, 0.5) is 4.79 Å². The lowest BCUT2D eigenvalue weighted by Gasteiger charge is -2.06. The Morgan fingerprint density at radius 2 is 2.24 bits per heavy atom. The molecule has 0 fully saturated rings. The quantitative estimate of drug-likeness (QED) is 0.247. The maximum Gasteiger partial charge on any atom is 0.407 e. The normalized spacial score (nSPS) is 11.1. The van der Waals surface area contributed by atoms with Crippen LogP contribution in [0.25, 0.3) is 10.4 Å². The molecule has 0 bridgehead atoms. The lowest BCUT2D eigenvalue weighted by Crippen LogP contribution is -2.30. The molecule has 4 N–H and O–H groups in total. The molecule has 96 valence electrons. The van der Waals surface area contributed by atoms with E-state index < -0.39 is 18.1 Å². The molecule has 1 amide bonds. The van der Waals surface area contributed by atoms with Crippen LogP contribution in [0.5, 0.6) is 0 Å². The number of hydrogen-bond donors (Lipinski definition) is 3. The highest BCUT2D eigenvalue weighted by atomic mass is 16.6. The Hall–Kier alpha value is -1.99. The minimum absolute atomic E-state index is 0.349. The van der Waals surface area contributed by atoms with E-state index in [1.807, 2.05) is 0 Å². The van der Waals surface area contributed by atoms with Crippen LogP contribution in [0.15, 0.2) is 5.11 Å². The highest BCUT2D eigenvalue weighted by molar-refractivity contribution is 5.72. The van der Waals surface area contributed by atoms with Crippen molar-refractivity contribution in [1.82, 2.24) is 5.32 Å². The molecule has 0 saturated heterocycles. The van der Waals surface area contributed by atoms with Crippen molar-refractivity contribution in [1.29, 1.82) is 0 Å². The molecular weight excluding hydrogens is 230 g/mol. The van der Waals surface area contributed by atoms with Crippen LogP contribution < -0.4 is 11.1 Å². The molecule has 9 heteroatoms. The largest absolute Gasteiger partial charge is 0.480 e. The van der Waals surface area contributed by atoms with E-state index in [4.69, 9.17) is 16.4 Å². The van der Waals surface area contributed by atoms with Crippen LogP contribution in [-0.2, 0) is 9.53 Å². The van der Waals surface area contributed by atoms with Crippen LogP contribution >= 0.6 is 0 Å². The number of alkyl carbamates (subject to hydrolysis) is 1. The van der Waals surface area contributed by atoms with E-state index in [-0.39, 0.29) is 6.73 Å². The van der Waals surface area contributed by atoms with E-state index in [1.165, 1.54) is 0 Å². The molecule has 0 aliphatic rings. The summed E-state index contributed by atoms with van der Waals surface area (Å²) in [6.45, 7) is -0.00629. The van der Waals surface area contributed by atoms with Gasteiger partial charge in [0.2, 0.25) is 0 Å². The summed E-state index contributed by atoms with van der Waals surface area (Å²) < 4.78 is 4.46. The van der Waals surface area contributed by atoms with Crippen LogP contribution in [0.3, 0.4) is 0 Å². The Morgan fingerprint density at radius 3 is 2.82 bits per heavy atom. The summed E-state index contributed by atoms with van der Waals surface area (Å²) in [6, 6.07) is -0.869. The number of azide groups is 1. The molecule has 0 aliphatic carbocycles. The van der Waals surface area contributed by atoms with Gasteiger partial charge < -0.3 is 20.9 Å². The van der Waals surface area contributed by atoms with Crippen LogP contribution in [0.1, 0.15) is 19.3 Å². The highest BCUT2D eigenvalue weighted by Crippen LogP contribution is 1.98. The third kappa shape index (κ3) is 8.97. The zero-order valence-electron chi connectivity index (χ0n) is 9.20. The Morgan fingerprint density at radius 1 is 1.53 bits per heavy atom. The maximum atomic E-state index is 10.9. The number of carbonyl (C=O) groups excluding carboxylic acids is 1. The van der Waals surface area contributed by atoms with Gasteiger partial charge in [0.15, 0.2) is 6.73 Å². The van der Waals surface area contributed by atoms with Gasteiger partial charge in [-0.2, -0.15) is 0 Å². The van der Waals surface area contributed by atoms with Crippen molar-refractivity contribution in [3.05, 3.63) is 10.4 Å². The number of carboxylic acid groups (broad SMARTS) is 1. The van der Waals surface area contributed by atoms with Crippen LogP contribution in [0, 0.1) is 0 Å². The van der Waals surface area contributed by atoms with E-state index in [1.54, 1.807) is 0 Å². The van der Waals surface area contributed by atoms with Crippen molar-refractivity contribution in [2.24, 2.45) is 10.8 Å². The molecule has 0 aliphatic heterocycles. The summed E-state index contributed by atoms with van der Waals surface area (Å²) in [6.07, 6.45) is 0.854. The third-order valence-corrected chi connectivity index (χ3v) is 1.85. The van der Waals surface area contributed by atoms with Crippen LogP contribution in [0.2, 0.25) is 0 Å². The van der Waals surface area contributed by atoms with Crippen molar-refractivity contribution in [2.45, 2.75) is 25.3 Å². The standard InChI is InChI=1S/C8H15N5O4/c9-6(7(14)15)3-1-2-4-11-8(16)17-5-12-13-10/h6H,1-5,9H2,(H,11,16)(H,14,15)/t6-/m0/s1. The Bertz CT molecular complexity index is 302. The van der Waals surface area contributed by atoms with E-state index in [9.17, 15) is 9.59 Å². The van der Waals surface area contributed by atoms with E-state index >= 15 is 0 Å². The predicted octanol–water partition coefficient (Wildman–Crippen LogP) is 0.563. The molecule has 0 saturated carbocycles. The number of hydrogen-bond acceptors (Lipinski definition) is 5. The van der Waals surface area contributed by atoms with E-state index in [0.717, 1.165) is 0 Å². The molecule has 9 nitrogen and oxygen atoms in total. The van der Waals surface area contributed by atoms with Crippen molar-refractivity contribution in [3.63, 3.8) is 0 Å². The minimum Gasteiger partial charge on any atom is -0.480 e. The molecule has 0 aromatic carbocycles. The monoisotopic (exact) mass is 245 g/mol. The SMILES string of the molecule is [N-]=[N+]=NCOC(=O)NCCCC[C@H](N)C(=O)O. The number of nitrogens with two attached hydrogens (primary N) is 1. The molecule has 0 aromatic heterocycles. The summed E-state index contributed by atoms with van der Waals surface area (Å²) >= 11 is 0. The molecular formula is C8H15N5O4. The summed E-state index contributed by atoms with van der Waals surface area (Å²) in [5.74, 6) is -1.04. The third-order valence-electron chi connectivity index (χ3n) is 1.85. The molecule has 0 spiro atoms. The zero-order chi connectivity index (χ0) is 13.1. The molecule has 0 heterocycles. The smallest absolute Gasteiger partial charge is 0.407 e. The first-order valence-electron chi connectivity index (χ1n) is 4.97. The number of carboxylic acids is 1. The number of amides is 1. The topological polar surface area (TPSA) is 150 Å². The fourth-order valence-corrected chi connectivity index (χ4v) is 0.968. The first-order valence-corrected chi connectivity index (χ1v) is 4.97. The lowest BCUT2D eigenvalue weighted by atomic mass is 10.1. The lowest BCUT2D eigenvalue weighted by molar-refractivity contribution is -0.138. The predicted molar refractivity (Wildman–Crippen MR) is 58.0 cm³/mol. The van der Waals surface area contributed by atoms with Crippen molar-refractivity contribution >= 4 is 12.1 Å². The number of nitrogens with one attached hydrogen (secondary N) is 1. The second-order valence-corrected chi connectivity index (χ2v) is 3.16. The Kier molecular flexibility index (Phi) is 8.17. The van der Waals surface area contributed by atoms with E-state index in [2.05, 4.69) is 20.1 Å². The van der Waals surface area contributed by atoms with E-state index in [0.29, 0.717) is 25.8 Å². The fourth-order valence-electron chi connectivity index (χ4n) is 0.968. The summed E-state index contributed by atoms with van der Waals surface area (Å²) in [7, 11) is 0. The van der Waals surface area contributed by atoms with Gasteiger partial charge in [0.25, 0.3) is 0 Å². The van der Waals surface area contributed by atoms with Gasteiger partial charge in [-0.1, -0.05) is 5.11 Å². The van der Waals surface area contributed by atoms with Gasteiger partial charge in [-0.3, -0.25) is 4.79 Å². The second kappa shape index (κ2) is 9.25. The maximum absolute atomic E-state index is 10.9. The fraction of sp³-hybridized carbons (Fsp3) is 0.750. The number of ether oxygens (including phenoxy) is 1. The average molecular weight is 245 g/mol. The summed E-state index contributed by atoms with van der Waals surface area (Å²) in [4.78, 5) is 23.7. The molecule has 0 unspecified atom stereocenters. The van der Waals surface area contributed by atoms with Gasteiger partial charge in [0, 0.05) is 11.5 Å². The van der Waals surface area contributed by atoms with Crippen LogP contribution in [-0.4, -0.2) is 36.5 Å². The second-order valence-electron chi connectivity index (χ2n) is 3.16. The number of unbranched alkanes of at least 4 members (excludes halogenated alkanes) is 1. The molecule has 0 aromatic rings. The number of carbonyl (C=O) groups is 2. The Balaban J connectivity index is 3.42. The average Bonchev–Trinajstić information content (AvgIpc) is 2.28.